The molecule has 1 N–H and O–H groups in total. The fourth-order valence-corrected chi connectivity index (χ4v) is 5.93. The average Bonchev–Trinajstić information content (AvgIpc) is 3.33. The van der Waals surface area contributed by atoms with Crippen LogP contribution in [0.3, 0.4) is 0 Å². The van der Waals surface area contributed by atoms with Gasteiger partial charge >= 0.3 is 12.4 Å². The maximum atomic E-state index is 13.1. The van der Waals surface area contributed by atoms with Crippen LogP contribution in [0.5, 0.6) is 11.5 Å². The molecule has 246 valence electrons. The van der Waals surface area contributed by atoms with Gasteiger partial charge in [-0.05, 0) is 98.9 Å². The molecule has 1 atom stereocenters. The van der Waals surface area contributed by atoms with E-state index in [-0.39, 0.29) is 17.6 Å². The van der Waals surface area contributed by atoms with Crippen LogP contribution in [0.25, 0.3) is 0 Å². The lowest BCUT2D eigenvalue weighted by molar-refractivity contribution is -0.138. The Bertz CT molecular complexity index is 1540. The molecule has 2 aromatic rings. The molecule has 7 nitrogen and oxygen atoms in total. The van der Waals surface area contributed by atoms with Gasteiger partial charge in [-0.2, -0.15) is 31.4 Å². The van der Waals surface area contributed by atoms with Crippen molar-refractivity contribution in [1.82, 2.24) is 15.2 Å². The number of rotatable bonds is 8. The van der Waals surface area contributed by atoms with Crippen molar-refractivity contribution in [2.45, 2.75) is 45.5 Å². The number of carbonyl (C=O) groups is 2. The Morgan fingerprint density at radius 3 is 2.15 bits per heavy atom. The minimum Gasteiger partial charge on any atom is -0.457 e. The molecule has 46 heavy (non-hydrogen) atoms. The van der Waals surface area contributed by atoms with Crippen LogP contribution < -0.4 is 10.1 Å². The number of hydrogen-bond acceptors (Lipinski definition) is 5. The van der Waals surface area contributed by atoms with Crippen LogP contribution in [0.1, 0.15) is 49.0 Å². The lowest BCUT2D eigenvalue weighted by atomic mass is 9.73. The molecule has 5 rings (SSSR count). The van der Waals surface area contributed by atoms with E-state index in [0.717, 1.165) is 36.3 Å². The van der Waals surface area contributed by atoms with Crippen molar-refractivity contribution >= 4 is 17.5 Å². The largest absolute Gasteiger partial charge is 0.457 e. The maximum absolute atomic E-state index is 13.1. The topological polar surface area (TPSA) is 74.2 Å². The molecule has 2 aromatic carbocycles. The lowest BCUT2D eigenvalue weighted by Gasteiger charge is -2.35. The standard InChI is InChI=1S/C33H34F6N4O3/c1-21-27(29(44)40-16-15-32(34,35)36)11-12-28-31(21,2)20-43(41-28)19-22-13-17-42(18-14-22)30(45)23-3-7-25(8-4-23)46-26-9-5-24(6-10-26)33(37,38)39/h3-12,22H,13-20H2,1-2H3,(H,40,44). The minimum atomic E-state index is -4.43. The van der Waals surface area contributed by atoms with Crippen molar-refractivity contribution in [2.24, 2.45) is 16.4 Å². The van der Waals surface area contributed by atoms with E-state index < -0.39 is 42.2 Å². The van der Waals surface area contributed by atoms with Gasteiger partial charge in [0.15, 0.2) is 0 Å². The number of amides is 2. The molecule has 0 radical (unpaired) electrons. The van der Waals surface area contributed by atoms with Crippen molar-refractivity contribution in [3.63, 3.8) is 0 Å². The molecule has 13 heteroatoms. The number of piperidine rings is 1. The molecule has 1 aliphatic carbocycles. The highest BCUT2D eigenvalue weighted by Gasteiger charge is 2.43. The molecule has 1 fully saturated rings. The summed E-state index contributed by atoms with van der Waals surface area (Å²) >= 11 is 0. The molecular formula is C33H34F6N4O3. The first kappa shape index (κ1) is 33.1. The number of carbonyl (C=O) groups excluding carboxylic acids is 2. The van der Waals surface area contributed by atoms with Crippen LogP contribution in [-0.2, 0) is 11.0 Å². The van der Waals surface area contributed by atoms with Crippen molar-refractivity contribution in [1.29, 1.82) is 0 Å². The molecule has 3 aliphatic rings. The van der Waals surface area contributed by atoms with Gasteiger partial charge < -0.3 is 15.0 Å². The van der Waals surface area contributed by atoms with Crippen LogP contribution in [0, 0.1) is 11.3 Å². The van der Waals surface area contributed by atoms with Gasteiger partial charge in [-0.15, -0.1) is 0 Å². The highest BCUT2D eigenvalue weighted by atomic mass is 19.4. The first-order valence-corrected chi connectivity index (χ1v) is 15.0. The second-order valence-electron chi connectivity index (χ2n) is 12.0. The van der Waals surface area contributed by atoms with Crippen LogP contribution in [-0.4, -0.2) is 66.3 Å². The highest BCUT2D eigenvalue weighted by molar-refractivity contribution is 6.09. The van der Waals surface area contributed by atoms with Gasteiger partial charge in [-0.3, -0.25) is 14.6 Å². The molecule has 1 unspecified atom stereocenters. The number of fused-ring (bicyclic) bond motifs is 1. The summed E-state index contributed by atoms with van der Waals surface area (Å²) in [6, 6.07) is 10.8. The van der Waals surface area contributed by atoms with E-state index in [1.807, 2.05) is 18.9 Å². The lowest BCUT2D eigenvalue weighted by Crippen LogP contribution is -2.41. The fraction of sp³-hybridized carbons (Fsp3) is 0.424. The first-order valence-electron chi connectivity index (χ1n) is 15.0. The van der Waals surface area contributed by atoms with Gasteiger partial charge in [0.05, 0.1) is 29.7 Å². The van der Waals surface area contributed by atoms with E-state index in [9.17, 15) is 35.9 Å². The number of nitrogens with zero attached hydrogens (tertiary/aromatic N) is 3. The summed E-state index contributed by atoms with van der Waals surface area (Å²) in [5, 5.41) is 9.12. The Labute approximate surface area is 262 Å². The van der Waals surface area contributed by atoms with E-state index >= 15 is 0 Å². The smallest absolute Gasteiger partial charge is 0.416 e. The molecule has 0 spiro atoms. The highest BCUT2D eigenvalue weighted by Crippen LogP contribution is 2.41. The minimum absolute atomic E-state index is 0.119. The van der Waals surface area contributed by atoms with Gasteiger partial charge in [0.1, 0.15) is 11.5 Å². The van der Waals surface area contributed by atoms with Crippen LogP contribution in [0.4, 0.5) is 26.3 Å². The normalized spacial score (nSPS) is 20.5. The van der Waals surface area contributed by atoms with Gasteiger partial charge in [0.2, 0.25) is 0 Å². The van der Waals surface area contributed by atoms with E-state index in [2.05, 4.69) is 5.32 Å². The Morgan fingerprint density at radius 2 is 1.57 bits per heavy atom. The van der Waals surface area contributed by atoms with Crippen molar-refractivity contribution in [2.75, 3.05) is 32.7 Å². The number of ether oxygens (including phenoxy) is 1. The van der Waals surface area contributed by atoms with E-state index in [4.69, 9.17) is 9.84 Å². The number of likely N-dealkylation sites (tertiary alicyclic amines) is 1. The fourth-order valence-electron chi connectivity index (χ4n) is 5.93. The predicted molar refractivity (Wildman–Crippen MR) is 159 cm³/mol. The molecule has 0 bridgehead atoms. The number of allylic oxidation sites excluding steroid dienone is 1. The molecule has 2 heterocycles. The van der Waals surface area contributed by atoms with Crippen molar-refractivity contribution in [3.05, 3.63) is 83.0 Å². The number of benzene rings is 2. The number of alkyl halides is 6. The van der Waals surface area contributed by atoms with Gasteiger partial charge in [-0.25, -0.2) is 0 Å². The molecule has 1 saturated heterocycles. The third kappa shape index (κ3) is 7.56. The van der Waals surface area contributed by atoms with Crippen LogP contribution >= 0.6 is 0 Å². The molecule has 2 amide bonds. The molecular weight excluding hydrogens is 614 g/mol. The Hall–Kier alpha value is -4.29. The average molecular weight is 649 g/mol. The zero-order chi connectivity index (χ0) is 33.3. The molecule has 2 aliphatic heterocycles. The molecule has 0 aromatic heterocycles. The number of hydrogen-bond donors (Lipinski definition) is 1. The van der Waals surface area contributed by atoms with Crippen molar-refractivity contribution < 1.29 is 40.7 Å². The van der Waals surface area contributed by atoms with Gasteiger partial charge in [-0.1, -0.05) is 0 Å². The molecule has 0 saturated carbocycles. The summed E-state index contributed by atoms with van der Waals surface area (Å²) in [7, 11) is 0. The zero-order valence-corrected chi connectivity index (χ0v) is 25.3. The van der Waals surface area contributed by atoms with Crippen LogP contribution in [0.15, 0.2) is 76.9 Å². The second-order valence-corrected chi connectivity index (χ2v) is 12.0. The van der Waals surface area contributed by atoms with Crippen LogP contribution in [0.2, 0.25) is 0 Å². The van der Waals surface area contributed by atoms with E-state index in [1.165, 1.54) is 12.1 Å². The summed E-state index contributed by atoms with van der Waals surface area (Å²) in [4.78, 5) is 27.6. The Balaban J connectivity index is 1.10. The van der Waals surface area contributed by atoms with Crippen molar-refractivity contribution in [3.8, 4) is 11.5 Å². The number of hydrazone groups is 1. The second kappa shape index (κ2) is 12.8. The van der Waals surface area contributed by atoms with Gasteiger partial charge in [0, 0.05) is 37.3 Å². The number of nitrogens with one attached hydrogen (secondary N) is 1. The van der Waals surface area contributed by atoms with E-state index in [0.29, 0.717) is 43.1 Å². The van der Waals surface area contributed by atoms with Gasteiger partial charge in [0.25, 0.3) is 11.8 Å². The zero-order valence-electron chi connectivity index (χ0n) is 25.3. The number of halogens is 6. The summed E-state index contributed by atoms with van der Waals surface area (Å²) < 4.78 is 81.5. The predicted octanol–water partition coefficient (Wildman–Crippen LogP) is 6.98. The maximum Gasteiger partial charge on any atom is 0.416 e. The summed E-state index contributed by atoms with van der Waals surface area (Å²) in [5.41, 5.74) is 1.10. The summed E-state index contributed by atoms with van der Waals surface area (Å²) in [6.45, 7) is 5.66. The first-order chi connectivity index (χ1) is 21.6. The summed E-state index contributed by atoms with van der Waals surface area (Å²) in [5.74, 6) is 0.278. The SMILES string of the molecule is CC1=C(C(=O)NCCC(F)(F)F)C=CC2=NN(CC3CCN(C(=O)c4ccc(Oc5ccc(C(F)(F)F)cc5)cc4)CC3)CC21C. The monoisotopic (exact) mass is 648 g/mol. The Morgan fingerprint density at radius 1 is 0.957 bits per heavy atom. The summed E-state index contributed by atoms with van der Waals surface area (Å²) in [6.07, 6.45) is -4.95. The third-order valence-electron chi connectivity index (χ3n) is 8.78. The quantitative estimate of drug-likeness (QED) is 0.314. The van der Waals surface area contributed by atoms with E-state index in [1.54, 1.807) is 41.3 Å². The Kier molecular flexibility index (Phi) is 9.23. The third-order valence-corrected chi connectivity index (χ3v) is 8.78.